The summed E-state index contributed by atoms with van der Waals surface area (Å²) in [6.45, 7) is 0. The average Bonchev–Trinajstić information content (AvgIpc) is 2.38. The van der Waals surface area contributed by atoms with Crippen LogP contribution < -0.4 is 0 Å². The molecular formula is C14H16BCl2NO2. The van der Waals surface area contributed by atoms with Gasteiger partial charge in [0.25, 0.3) is 0 Å². The summed E-state index contributed by atoms with van der Waals surface area (Å²) >= 11 is 11.9. The highest BCUT2D eigenvalue weighted by Crippen LogP contribution is 2.24. The van der Waals surface area contributed by atoms with Gasteiger partial charge in [0.05, 0.1) is 16.5 Å². The summed E-state index contributed by atoms with van der Waals surface area (Å²) in [7, 11) is 1.70. The molecular weight excluding hydrogens is 296 g/mol. The Kier molecular flexibility index (Phi) is 5.50. The van der Waals surface area contributed by atoms with E-state index in [0.29, 0.717) is 22.9 Å². The van der Waals surface area contributed by atoms with Crippen LogP contribution in [0.5, 0.6) is 0 Å². The molecule has 0 aliphatic heterocycles. The van der Waals surface area contributed by atoms with Crippen molar-refractivity contribution >= 4 is 42.9 Å². The molecule has 106 valence electrons. The van der Waals surface area contributed by atoms with Gasteiger partial charge in [-0.25, -0.2) is 0 Å². The van der Waals surface area contributed by atoms with Gasteiger partial charge in [0, 0.05) is 5.71 Å². The first-order valence-electron chi connectivity index (χ1n) is 6.70. The second-order valence-electron chi connectivity index (χ2n) is 4.84. The molecule has 1 aromatic carbocycles. The van der Waals surface area contributed by atoms with Crippen LogP contribution in [-0.4, -0.2) is 25.8 Å². The number of hydrogen-bond acceptors (Lipinski definition) is 3. The molecule has 1 aliphatic carbocycles. The minimum atomic E-state index is -0.157. The van der Waals surface area contributed by atoms with Crippen molar-refractivity contribution in [1.29, 1.82) is 0 Å². The summed E-state index contributed by atoms with van der Waals surface area (Å²) in [4.78, 5) is 15.9. The van der Waals surface area contributed by atoms with Crippen molar-refractivity contribution in [3.63, 3.8) is 0 Å². The summed E-state index contributed by atoms with van der Waals surface area (Å²) in [6.07, 6.45) is 4.15. The Morgan fingerprint density at radius 1 is 1.30 bits per heavy atom. The molecule has 20 heavy (non-hydrogen) atoms. The van der Waals surface area contributed by atoms with Gasteiger partial charge in [-0.2, -0.15) is 0 Å². The van der Waals surface area contributed by atoms with Crippen LogP contribution in [-0.2, 0) is 9.53 Å². The standard InChI is InChI=1S/C14H16BCl2NO2/c15-18-13(9-4-5-11(16)12(17)8-9)6-7-14(19)20-10-2-1-3-10/h4-5,8,10H,1-3,6-7,15H2/b18-13+. The molecule has 2 rings (SSSR count). The van der Waals surface area contributed by atoms with Gasteiger partial charge in [0.1, 0.15) is 6.10 Å². The van der Waals surface area contributed by atoms with Crippen LogP contribution in [0, 0.1) is 0 Å². The third kappa shape index (κ3) is 4.00. The van der Waals surface area contributed by atoms with Crippen LogP contribution >= 0.6 is 23.2 Å². The fourth-order valence-electron chi connectivity index (χ4n) is 2.01. The topological polar surface area (TPSA) is 38.7 Å². The minimum Gasteiger partial charge on any atom is -0.462 e. The Bertz CT molecular complexity index is 530. The Hall–Kier alpha value is -0.995. The highest BCUT2D eigenvalue weighted by atomic mass is 35.5. The molecule has 0 spiro atoms. The number of nitrogens with zero attached hydrogens (tertiary/aromatic N) is 1. The molecule has 1 saturated carbocycles. The molecule has 0 N–H and O–H groups in total. The van der Waals surface area contributed by atoms with Crippen molar-refractivity contribution < 1.29 is 9.53 Å². The average molecular weight is 312 g/mol. The van der Waals surface area contributed by atoms with Crippen molar-refractivity contribution in [3.05, 3.63) is 33.8 Å². The lowest BCUT2D eigenvalue weighted by Gasteiger charge is -2.25. The number of carbonyl (C=O) groups excluding carboxylic acids is 1. The predicted octanol–water partition coefficient (Wildman–Crippen LogP) is 3.21. The van der Waals surface area contributed by atoms with Crippen LogP contribution in [0.15, 0.2) is 23.1 Å². The van der Waals surface area contributed by atoms with Gasteiger partial charge in [0.2, 0.25) is 7.98 Å². The lowest BCUT2D eigenvalue weighted by atomic mass is 9.96. The van der Waals surface area contributed by atoms with Crippen LogP contribution in [0.2, 0.25) is 10.0 Å². The molecule has 3 nitrogen and oxygen atoms in total. The van der Waals surface area contributed by atoms with E-state index in [0.717, 1.165) is 30.5 Å². The molecule has 1 aliphatic rings. The molecule has 0 heterocycles. The fraction of sp³-hybridized carbons (Fsp3) is 0.429. The fourth-order valence-corrected chi connectivity index (χ4v) is 2.31. The van der Waals surface area contributed by atoms with Gasteiger partial charge in [-0.1, -0.05) is 29.3 Å². The maximum atomic E-state index is 11.7. The van der Waals surface area contributed by atoms with Crippen molar-refractivity contribution in [2.45, 2.75) is 38.2 Å². The Morgan fingerprint density at radius 2 is 2.05 bits per heavy atom. The second-order valence-corrected chi connectivity index (χ2v) is 5.66. The smallest absolute Gasteiger partial charge is 0.306 e. The van der Waals surface area contributed by atoms with Crippen LogP contribution in [0.4, 0.5) is 0 Å². The lowest BCUT2D eigenvalue weighted by Crippen LogP contribution is -2.25. The SMILES string of the molecule is B/N=C(\CCC(=O)OC1CCC1)c1ccc(Cl)c(Cl)c1. The number of carbonyl (C=O) groups is 1. The monoisotopic (exact) mass is 311 g/mol. The molecule has 1 aromatic rings. The number of halogens is 2. The molecule has 0 radical (unpaired) electrons. The Labute approximate surface area is 129 Å². The third-order valence-electron chi connectivity index (χ3n) is 3.44. The van der Waals surface area contributed by atoms with E-state index < -0.39 is 0 Å². The lowest BCUT2D eigenvalue weighted by molar-refractivity contribution is -0.152. The first-order chi connectivity index (χ1) is 9.60. The van der Waals surface area contributed by atoms with E-state index in [1.165, 1.54) is 0 Å². The van der Waals surface area contributed by atoms with E-state index in [2.05, 4.69) is 4.90 Å². The van der Waals surface area contributed by atoms with Crippen LogP contribution in [0.1, 0.15) is 37.7 Å². The first kappa shape index (κ1) is 15.4. The van der Waals surface area contributed by atoms with Gasteiger partial charge < -0.3 is 9.64 Å². The second kappa shape index (κ2) is 7.14. The van der Waals surface area contributed by atoms with E-state index >= 15 is 0 Å². The van der Waals surface area contributed by atoms with E-state index in [-0.39, 0.29) is 12.1 Å². The maximum Gasteiger partial charge on any atom is 0.306 e. The summed E-state index contributed by atoms with van der Waals surface area (Å²) in [5, 5.41) is 0.998. The van der Waals surface area contributed by atoms with E-state index in [9.17, 15) is 4.79 Å². The van der Waals surface area contributed by atoms with Gasteiger partial charge in [-0.15, -0.1) is 0 Å². The number of rotatable bonds is 5. The molecule has 0 amide bonds. The van der Waals surface area contributed by atoms with Crippen molar-refractivity contribution in [2.75, 3.05) is 0 Å². The number of esters is 1. The van der Waals surface area contributed by atoms with E-state index in [1.807, 2.05) is 6.07 Å². The van der Waals surface area contributed by atoms with Crippen molar-refractivity contribution in [1.82, 2.24) is 0 Å². The molecule has 0 saturated heterocycles. The molecule has 1 fully saturated rings. The zero-order valence-corrected chi connectivity index (χ0v) is 12.9. The minimum absolute atomic E-state index is 0.134. The summed E-state index contributed by atoms with van der Waals surface area (Å²) in [6, 6.07) is 5.36. The van der Waals surface area contributed by atoms with Crippen LogP contribution in [0.25, 0.3) is 0 Å². The van der Waals surface area contributed by atoms with Crippen LogP contribution in [0.3, 0.4) is 0 Å². The Morgan fingerprint density at radius 3 is 2.60 bits per heavy atom. The predicted molar refractivity (Wildman–Crippen MR) is 84.5 cm³/mol. The number of hydrogen-bond donors (Lipinski definition) is 0. The Balaban J connectivity index is 1.91. The van der Waals surface area contributed by atoms with Crippen molar-refractivity contribution in [2.24, 2.45) is 4.90 Å². The molecule has 0 atom stereocenters. The number of benzene rings is 1. The zero-order chi connectivity index (χ0) is 14.5. The molecule has 0 bridgehead atoms. The van der Waals surface area contributed by atoms with E-state index in [4.69, 9.17) is 27.9 Å². The third-order valence-corrected chi connectivity index (χ3v) is 4.18. The zero-order valence-electron chi connectivity index (χ0n) is 11.4. The van der Waals surface area contributed by atoms with Gasteiger partial charge >= 0.3 is 5.97 Å². The highest BCUT2D eigenvalue weighted by molar-refractivity contribution is 6.42. The maximum absolute atomic E-state index is 11.7. The first-order valence-corrected chi connectivity index (χ1v) is 7.46. The number of ether oxygens (including phenoxy) is 1. The van der Waals surface area contributed by atoms with Gasteiger partial charge in [0.15, 0.2) is 0 Å². The largest absolute Gasteiger partial charge is 0.462 e. The summed E-state index contributed by atoms with van der Waals surface area (Å²) in [5.41, 5.74) is 1.72. The molecule has 6 heteroatoms. The normalized spacial score (nSPS) is 15.8. The molecule has 0 aromatic heterocycles. The van der Waals surface area contributed by atoms with E-state index in [1.54, 1.807) is 20.1 Å². The van der Waals surface area contributed by atoms with Gasteiger partial charge in [-0.05, 0) is 43.4 Å². The highest BCUT2D eigenvalue weighted by Gasteiger charge is 2.21. The quantitative estimate of drug-likeness (QED) is 0.476. The van der Waals surface area contributed by atoms with Gasteiger partial charge in [-0.3, -0.25) is 4.79 Å². The van der Waals surface area contributed by atoms with Crippen molar-refractivity contribution in [3.8, 4) is 0 Å². The summed E-state index contributed by atoms with van der Waals surface area (Å²) in [5.74, 6) is -0.157. The summed E-state index contributed by atoms with van der Waals surface area (Å²) < 4.78 is 5.32. The molecule has 0 unspecified atom stereocenters.